The summed E-state index contributed by atoms with van der Waals surface area (Å²) in [7, 11) is 0. The normalized spacial score (nSPS) is 21.6. The highest BCUT2D eigenvalue weighted by Crippen LogP contribution is 2.27. The van der Waals surface area contributed by atoms with Crippen LogP contribution >= 0.6 is 0 Å². The number of anilines is 1. The molecule has 0 N–H and O–H groups in total. The Kier molecular flexibility index (Phi) is 6.33. The highest BCUT2D eigenvalue weighted by atomic mass is 19.1. The second kappa shape index (κ2) is 9.11. The van der Waals surface area contributed by atoms with Crippen LogP contribution in [0.5, 0.6) is 0 Å². The summed E-state index contributed by atoms with van der Waals surface area (Å²) in [6.07, 6.45) is 4.43. The molecule has 1 saturated carbocycles. The molecule has 3 fully saturated rings. The van der Waals surface area contributed by atoms with Crippen LogP contribution in [0.15, 0.2) is 24.3 Å². The van der Waals surface area contributed by atoms with Gasteiger partial charge in [-0.25, -0.2) is 4.39 Å². The van der Waals surface area contributed by atoms with E-state index < -0.39 is 0 Å². The molecule has 2 heterocycles. The SMILES string of the molecule is O=C(CN1CCN(C(=O)C2CCCC2)CC1)N1CCN(c2ccccc2F)CC1. The van der Waals surface area contributed by atoms with Crippen molar-refractivity contribution >= 4 is 17.5 Å². The van der Waals surface area contributed by atoms with E-state index in [0.29, 0.717) is 44.3 Å². The molecule has 6 nitrogen and oxygen atoms in total. The lowest BCUT2D eigenvalue weighted by molar-refractivity contribution is -0.138. The number of rotatable bonds is 4. The molecule has 4 rings (SSSR count). The third-order valence-electron chi connectivity index (χ3n) is 6.57. The first kappa shape index (κ1) is 20.1. The van der Waals surface area contributed by atoms with Gasteiger partial charge in [0, 0.05) is 58.3 Å². The standard InChI is InChI=1S/C22H31FN4O2/c23-19-7-3-4-8-20(19)25-13-15-26(16-14-25)21(28)17-24-9-11-27(12-10-24)22(29)18-5-1-2-6-18/h3-4,7-8,18H,1-2,5-6,9-17H2. The van der Waals surface area contributed by atoms with Gasteiger partial charge in [0.1, 0.15) is 5.82 Å². The molecule has 2 amide bonds. The van der Waals surface area contributed by atoms with Crippen molar-refractivity contribution in [1.29, 1.82) is 0 Å². The Morgan fingerprint density at radius 1 is 0.862 bits per heavy atom. The molecule has 0 unspecified atom stereocenters. The van der Waals surface area contributed by atoms with E-state index in [1.165, 1.54) is 18.9 Å². The van der Waals surface area contributed by atoms with Crippen molar-refractivity contribution in [3.8, 4) is 0 Å². The molecule has 0 radical (unpaired) electrons. The molecule has 0 spiro atoms. The average Bonchev–Trinajstić information content (AvgIpc) is 3.29. The Morgan fingerprint density at radius 2 is 1.48 bits per heavy atom. The van der Waals surface area contributed by atoms with Crippen LogP contribution in [-0.4, -0.2) is 85.4 Å². The smallest absolute Gasteiger partial charge is 0.236 e. The van der Waals surface area contributed by atoms with Gasteiger partial charge in [0.15, 0.2) is 0 Å². The molecule has 2 saturated heterocycles. The van der Waals surface area contributed by atoms with Crippen LogP contribution < -0.4 is 4.90 Å². The van der Waals surface area contributed by atoms with Crippen molar-refractivity contribution in [2.24, 2.45) is 5.92 Å². The summed E-state index contributed by atoms with van der Waals surface area (Å²) in [5, 5.41) is 0. The summed E-state index contributed by atoms with van der Waals surface area (Å²) >= 11 is 0. The summed E-state index contributed by atoms with van der Waals surface area (Å²) in [6.45, 7) is 5.92. The van der Waals surface area contributed by atoms with Gasteiger partial charge in [-0.05, 0) is 25.0 Å². The number of halogens is 1. The number of piperazine rings is 2. The van der Waals surface area contributed by atoms with E-state index in [4.69, 9.17) is 0 Å². The predicted molar refractivity (Wildman–Crippen MR) is 110 cm³/mol. The van der Waals surface area contributed by atoms with Crippen molar-refractivity contribution in [2.75, 3.05) is 63.8 Å². The van der Waals surface area contributed by atoms with Crippen molar-refractivity contribution in [3.63, 3.8) is 0 Å². The lowest BCUT2D eigenvalue weighted by Crippen LogP contribution is -2.55. The predicted octanol–water partition coefficient (Wildman–Crippen LogP) is 1.81. The highest BCUT2D eigenvalue weighted by molar-refractivity contribution is 5.80. The monoisotopic (exact) mass is 402 g/mol. The van der Waals surface area contributed by atoms with E-state index in [9.17, 15) is 14.0 Å². The number of benzene rings is 1. The first-order chi connectivity index (χ1) is 14.1. The molecule has 1 aromatic carbocycles. The first-order valence-corrected chi connectivity index (χ1v) is 10.9. The highest BCUT2D eigenvalue weighted by Gasteiger charge is 2.30. The Morgan fingerprint density at radius 3 is 2.14 bits per heavy atom. The van der Waals surface area contributed by atoms with Crippen molar-refractivity contribution < 1.29 is 14.0 Å². The Labute approximate surface area is 172 Å². The molecular weight excluding hydrogens is 371 g/mol. The van der Waals surface area contributed by atoms with Gasteiger partial charge >= 0.3 is 0 Å². The quantitative estimate of drug-likeness (QED) is 0.771. The number of carbonyl (C=O) groups excluding carboxylic acids is 2. The number of carbonyl (C=O) groups is 2. The zero-order chi connectivity index (χ0) is 20.2. The maximum absolute atomic E-state index is 14.0. The summed E-state index contributed by atoms with van der Waals surface area (Å²) in [5.74, 6) is 0.470. The minimum atomic E-state index is -0.211. The zero-order valence-corrected chi connectivity index (χ0v) is 17.1. The molecule has 0 atom stereocenters. The van der Waals surface area contributed by atoms with Crippen LogP contribution in [0.25, 0.3) is 0 Å². The Hall–Kier alpha value is -2.15. The topological polar surface area (TPSA) is 47.1 Å². The van der Waals surface area contributed by atoms with Gasteiger partial charge in [-0.3, -0.25) is 14.5 Å². The maximum Gasteiger partial charge on any atom is 0.236 e. The minimum absolute atomic E-state index is 0.133. The third kappa shape index (κ3) is 4.71. The Balaban J connectivity index is 1.21. The number of para-hydroxylation sites is 1. The molecule has 3 aliphatic rings. The van der Waals surface area contributed by atoms with Crippen molar-refractivity contribution in [1.82, 2.24) is 14.7 Å². The van der Waals surface area contributed by atoms with Crippen LogP contribution in [0.1, 0.15) is 25.7 Å². The van der Waals surface area contributed by atoms with E-state index >= 15 is 0 Å². The molecule has 158 valence electrons. The van der Waals surface area contributed by atoms with E-state index in [0.717, 1.165) is 39.0 Å². The average molecular weight is 403 g/mol. The largest absolute Gasteiger partial charge is 0.366 e. The number of hydrogen-bond donors (Lipinski definition) is 0. The van der Waals surface area contributed by atoms with Crippen LogP contribution in [0.4, 0.5) is 10.1 Å². The Bertz CT molecular complexity index is 721. The second-order valence-electron chi connectivity index (χ2n) is 8.40. The minimum Gasteiger partial charge on any atom is -0.366 e. The summed E-state index contributed by atoms with van der Waals surface area (Å²) in [6, 6.07) is 6.80. The fourth-order valence-electron chi connectivity index (χ4n) is 4.75. The fraction of sp³-hybridized carbons (Fsp3) is 0.636. The summed E-state index contributed by atoms with van der Waals surface area (Å²) in [5.41, 5.74) is 0.614. The van der Waals surface area contributed by atoms with Gasteiger partial charge in [0.25, 0.3) is 0 Å². The first-order valence-electron chi connectivity index (χ1n) is 10.9. The molecule has 0 aromatic heterocycles. The van der Waals surface area contributed by atoms with E-state index in [2.05, 4.69) is 4.90 Å². The van der Waals surface area contributed by atoms with Crippen LogP contribution in [0.3, 0.4) is 0 Å². The van der Waals surface area contributed by atoms with E-state index in [1.54, 1.807) is 12.1 Å². The van der Waals surface area contributed by atoms with Gasteiger partial charge in [-0.1, -0.05) is 25.0 Å². The van der Waals surface area contributed by atoms with Gasteiger partial charge < -0.3 is 14.7 Å². The molecule has 1 aromatic rings. The molecule has 7 heteroatoms. The van der Waals surface area contributed by atoms with E-state index in [-0.39, 0.29) is 17.6 Å². The number of hydrogen-bond acceptors (Lipinski definition) is 4. The van der Waals surface area contributed by atoms with E-state index in [1.807, 2.05) is 20.8 Å². The lowest BCUT2D eigenvalue weighted by Gasteiger charge is -2.39. The van der Waals surface area contributed by atoms with Crippen LogP contribution in [0.2, 0.25) is 0 Å². The molecule has 1 aliphatic carbocycles. The second-order valence-corrected chi connectivity index (χ2v) is 8.40. The van der Waals surface area contributed by atoms with Gasteiger partial charge in [-0.2, -0.15) is 0 Å². The molecular formula is C22H31FN4O2. The van der Waals surface area contributed by atoms with Gasteiger partial charge in [-0.15, -0.1) is 0 Å². The van der Waals surface area contributed by atoms with Crippen molar-refractivity contribution in [2.45, 2.75) is 25.7 Å². The van der Waals surface area contributed by atoms with Crippen LogP contribution in [-0.2, 0) is 9.59 Å². The molecule has 0 bridgehead atoms. The summed E-state index contributed by atoms with van der Waals surface area (Å²) in [4.78, 5) is 33.3. The number of nitrogens with zero attached hydrogens (tertiary/aromatic N) is 4. The van der Waals surface area contributed by atoms with Gasteiger partial charge in [0.2, 0.25) is 11.8 Å². The fourth-order valence-corrected chi connectivity index (χ4v) is 4.75. The number of amides is 2. The summed E-state index contributed by atoms with van der Waals surface area (Å²) < 4.78 is 14.0. The third-order valence-corrected chi connectivity index (χ3v) is 6.57. The maximum atomic E-state index is 14.0. The van der Waals surface area contributed by atoms with Crippen molar-refractivity contribution in [3.05, 3.63) is 30.1 Å². The van der Waals surface area contributed by atoms with Crippen LogP contribution in [0, 0.1) is 11.7 Å². The lowest BCUT2D eigenvalue weighted by atomic mass is 10.1. The molecule has 29 heavy (non-hydrogen) atoms. The molecule has 2 aliphatic heterocycles. The van der Waals surface area contributed by atoms with Gasteiger partial charge in [0.05, 0.1) is 12.2 Å². The zero-order valence-electron chi connectivity index (χ0n) is 17.1.